The molecule has 1 aliphatic rings. The van der Waals surface area contributed by atoms with Crippen LogP contribution in [0, 0.1) is 0 Å². The van der Waals surface area contributed by atoms with Gasteiger partial charge in [-0.25, -0.2) is 0 Å². The number of allylic oxidation sites excluding steroid dienone is 3. The van der Waals surface area contributed by atoms with Crippen LogP contribution in [0.25, 0.3) is 0 Å². The highest BCUT2D eigenvalue weighted by molar-refractivity contribution is 6.16. The fraction of sp³-hybridized carbons (Fsp3) is 0.111. The molecule has 0 aromatic rings. The van der Waals surface area contributed by atoms with E-state index in [-0.39, 0.29) is 0 Å². The minimum Gasteiger partial charge on any atom is -0.287 e. The second kappa shape index (κ2) is 4.39. The van der Waals surface area contributed by atoms with E-state index in [1.165, 1.54) is 0 Å². The Morgan fingerprint density at radius 3 is 3.09 bits per heavy atom. The van der Waals surface area contributed by atoms with E-state index in [2.05, 4.69) is 16.6 Å². The largest absolute Gasteiger partial charge is 0.287 e. The van der Waals surface area contributed by atoms with Crippen LogP contribution >= 0.6 is 0 Å². The summed E-state index contributed by atoms with van der Waals surface area (Å²) < 4.78 is 0. The minimum absolute atomic E-state index is 0.711. The Morgan fingerprint density at radius 1 is 1.27 bits per heavy atom. The van der Waals surface area contributed by atoms with Crippen molar-refractivity contribution in [2.45, 2.75) is 0 Å². The molecule has 0 spiro atoms. The van der Waals surface area contributed by atoms with E-state index < -0.39 is 0 Å². The molecule has 0 saturated carbocycles. The number of rotatable bonds is 0. The van der Waals surface area contributed by atoms with E-state index in [0.717, 1.165) is 5.70 Å². The lowest BCUT2D eigenvalue weighted by atomic mass is 10.4. The lowest BCUT2D eigenvalue weighted by Crippen LogP contribution is -1.81. The van der Waals surface area contributed by atoms with E-state index in [4.69, 9.17) is 0 Å². The van der Waals surface area contributed by atoms with Crippen LogP contribution in [-0.4, -0.2) is 19.0 Å². The van der Waals surface area contributed by atoms with Crippen molar-refractivity contribution in [3.8, 4) is 0 Å². The summed E-state index contributed by atoms with van der Waals surface area (Å²) in [6.07, 6.45) is 11.0. The predicted molar refractivity (Wildman–Crippen MR) is 49.3 cm³/mol. The molecule has 0 unspecified atom stereocenters. The smallest absolute Gasteiger partial charge is 0.0573 e. The molecule has 0 amide bonds. The zero-order valence-electron chi connectivity index (χ0n) is 6.27. The van der Waals surface area contributed by atoms with Gasteiger partial charge in [0.1, 0.15) is 0 Å². The Kier molecular flexibility index (Phi) is 3.06. The summed E-state index contributed by atoms with van der Waals surface area (Å²) in [7, 11) is 0. The molecule has 0 saturated heterocycles. The highest BCUT2D eigenvalue weighted by atomic mass is 14.7. The Labute approximate surface area is 66.4 Å². The van der Waals surface area contributed by atoms with E-state index in [0.29, 0.717) is 6.54 Å². The van der Waals surface area contributed by atoms with Gasteiger partial charge in [-0.1, -0.05) is 24.8 Å². The van der Waals surface area contributed by atoms with Crippen molar-refractivity contribution < 1.29 is 0 Å². The van der Waals surface area contributed by atoms with Gasteiger partial charge in [0.15, 0.2) is 0 Å². The van der Waals surface area contributed by atoms with E-state index >= 15 is 0 Å². The first-order valence-electron chi connectivity index (χ1n) is 3.44. The van der Waals surface area contributed by atoms with Crippen molar-refractivity contribution in [2.24, 2.45) is 9.98 Å². The van der Waals surface area contributed by atoms with Crippen LogP contribution in [0.4, 0.5) is 0 Å². The summed E-state index contributed by atoms with van der Waals surface area (Å²) in [5, 5.41) is 0. The monoisotopic (exact) mass is 146 g/mol. The summed E-state index contributed by atoms with van der Waals surface area (Å²) in [4.78, 5) is 8.03. The molecule has 11 heavy (non-hydrogen) atoms. The van der Waals surface area contributed by atoms with Crippen LogP contribution in [0.15, 0.2) is 46.6 Å². The maximum absolute atomic E-state index is 4.03. The zero-order chi connectivity index (χ0) is 7.94. The summed E-state index contributed by atoms with van der Waals surface area (Å²) in [5.74, 6) is 0. The van der Waals surface area contributed by atoms with Gasteiger partial charge in [-0.3, -0.25) is 9.98 Å². The molecule has 0 bridgehead atoms. The lowest BCUT2D eigenvalue weighted by Gasteiger charge is -1.88. The fourth-order valence-electron chi connectivity index (χ4n) is 0.647. The van der Waals surface area contributed by atoms with Crippen LogP contribution in [0.1, 0.15) is 0 Å². The van der Waals surface area contributed by atoms with Crippen LogP contribution in [0.5, 0.6) is 0 Å². The number of aliphatic imine (C=N–C) groups is 2. The summed E-state index contributed by atoms with van der Waals surface area (Å²) in [6.45, 7) is 4.42. The van der Waals surface area contributed by atoms with Crippen molar-refractivity contribution in [1.82, 2.24) is 0 Å². The molecule has 1 heterocycles. The first kappa shape index (κ1) is 7.66. The Hall–Kier alpha value is -1.44. The van der Waals surface area contributed by atoms with Crippen molar-refractivity contribution in [2.75, 3.05) is 6.54 Å². The molecule has 0 aromatic carbocycles. The van der Waals surface area contributed by atoms with Gasteiger partial charge < -0.3 is 0 Å². The third kappa shape index (κ3) is 3.30. The normalized spacial score (nSPS) is 28.9. The van der Waals surface area contributed by atoms with Gasteiger partial charge in [-0.05, 0) is 6.08 Å². The van der Waals surface area contributed by atoms with Crippen LogP contribution in [0.3, 0.4) is 0 Å². The van der Waals surface area contributed by atoms with Crippen molar-refractivity contribution in [3.63, 3.8) is 0 Å². The van der Waals surface area contributed by atoms with Crippen LogP contribution in [-0.2, 0) is 0 Å². The molecule has 1 aliphatic heterocycles. The van der Waals surface area contributed by atoms with Crippen molar-refractivity contribution in [3.05, 3.63) is 36.6 Å². The predicted octanol–water partition coefficient (Wildman–Crippen LogP) is 1.77. The first-order valence-corrected chi connectivity index (χ1v) is 3.44. The maximum Gasteiger partial charge on any atom is 0.0573 e. The molecule has 2 heteroatoms. The van der Waals surface area contributed by atoms with Gasteiger partial charge in [0.25, 0.3) is 0 Å². The lowest BCUT2D eigenvalue weighted by molar-refractivity contribution is 1.26. The molecule has 0 N–H and O–H groups in total. The molecule has 0 atom stereocenters. The molecule has 2 nitrogen and oxygen atoms in total. The average molecular weight is 146 g/mol. The second-order valence-electron chi connectivity index (χ2n) is 2.07. The molecule has 0 radical (unpaired) electrons. The standard InChI is InChI=1S/C9H10N2/c1-9-5-3-2-4-6-10-7-8-11-9/h2-5,7-8H,1,6H2/b4-2-,5-3-,10-7-,11-8-. The third-order valence-electron chi connectivity index (χ3n) is 1.16. The molecule has 0 fully saturated rings. The Morgan fingerprint density at radius 2 is 2.18 bits per heavy atom. The van der Waals surface area contributed by atoms with Gasteiger partial charge in [0.2, 0.25) is 0 Å². The number of nitrogens with zero attached hydrogens (tertiary/aromatic N) is 2. The van der Waals surface area contributed by atoms with E-state index in [1.807, 2.05) is 24.3 Å². The van der Waals surface area contributed by atoms with Gasteiger partial charge in [0, 0.05) is 12.4 Å². The Balaban J connectivity index is 2.69. The molecule has 0 aliphatic carbocycles. The molecule has 1 rings (SSSR count). The molecular weight excluding hydrogens is 136 g/mol. The third-order valence-corrected chi connectivity index (χ3v) is 1.16. The quantitative estimate of drug-likeness (QED) is 0.497. The summed E-state index contributed by atoms with van der Waals surface area (Å²) in [5.41, 5.74) is 0.739. The van der Waals surface area contributed by atoms with Crippen molar-refractivity contribution >= 4 is 12.4 Å². The van der Waals surface area contributed by atoms with Crippen LogP contribution in [0.2, 0.25) is 0 Å². The van der Waals surface area contributed by atoms with Crippen molar-refractivity contribution in [1.29, 1.82) is 0 Å². The number of hydrogen-bond acceptors (Lipinski definition) is 2. The van der Waals surface area contributed by atoms with Gasteiger partial charge in [-0.15, -0.1) is 0 Å². The second-order valence-corrected chi connectivity index (χ2v) is 2.07. The Bertz CT molecular complexity index is 220. The minimum atomic E-state index is 0.711. The number of hydrogen-bond donors (Lipinski definition) is 0. The topological polar surface area (TPSA) is 24.7 Å². The highest BCUT2D eigenvalue weighted by Gasteiger charge is 1.79. The summed E-state index contributed by atoms with van der Waals surface area (Å²) >= 11 is 0. The van der Waals surface area contributed by atoms with Crippen LogP contribution < -0.4 is 0 Å². The average Bonchev–Trinajstić information content (AvgIpc) is 2.03. The van der Waals surface area contributed by atoms with Gasteiger partial charge >= 0.3 is 0 Å². The molecular formula is C9H10N2. The maximum atomic E-state index is 4.03. The highest BCUT2D eigenvalue weighted by Crippen LogP contribution is 1.94. The van der Waals surface area contributed by atoms with E-state index in [1.54, 1.807) is 12.4 Å². The SMILES string of the molecule is C=C1/C=C\C=C/C/N=C\C=N/1. The zero-order valence-corrected chi connectivity index (χ0v) is 6.27. The fourth-order valence-corrected chi connectivity index (χ4v) is 0.647. The van der Waals surface area contributed by atoms with Gasteiger partial charge in [-0.2, -0.15) is 0 Å². The summed E-state index contributed by atoms with van der Waals surface area (Å²) in [6, 6.07) is 0. The molecule has 56 valence electrons. The van der Waals surface area contributed by atoms with Gasteiger partial charge in [0.05, 0.1) is 12.2 Å². The van der Waals surface area contributed by atoms with E-state index in [9.17, 15) is 0 Å². The first-order chi connectivity index (χ1) is 5.39. The molecule has 0 aromatic heterocycles.